The first kappa shape index (κ1) is 14.8. The lowest BCUT2D eigenvalue weighted by molar-refractivity contribution is 0.111. The third-order valence-electron chi connectivity index (χ3n) is 2.80. The summed E-state index contributed by atoms with van der Waals surface area (Å²) in [4.78, 5) is 11.2. The number of aryl methyl sites for hydroxylation is 1. The minimum absolute atomic E-state index is 0.301. The fourth-order valence-corrected chi connectivity index (χ4v) is 2.84. The van der Waals surface area contributed by atoms with Gasteiger partial charge in [-0.3, -0.25) is 4.79 Å². The first-order chi connectivity index (χ1) is 9.67. The number of aromatic nitrogens is 2. The number of aldehydes is 1. The van der Waals surface area contributed by atoms with Crippen molar-refractivity contribution in [3.63, 3.8) is 0 Å². The van der Waals surface area contributed by atoms with E-state index >= 15 is 0 Å². The molecule has 2 rings (SSSR count). The van der Waals surface area contributed by atoms with Crippen molar-refractivity contribution in [2.75, 3.05) is 12.4 Å². The molecule has 0 saturated heterocycles. The molecule has 0 bridgehead atoms. The molecule has 106 valence electrons. The molecule has 2 aromatic rings. The fourth-order valence-electron chi connectivity index (χ4n) is 1.76. The maximum atomic E-state index is 11.2. The van der Waals surface area contributed by atoms with E-state index in [0.717, 1.165) is 12.0 Å². The maximum Gasteiger partial charge on any atom is 0.154 e. The third kappa shape index (κ3) is 3.09. The van der Waals surface area contributed by atoms with Crippen LogP contribution in [0.5, 0.6) is 0 Å². The highest BCUT2D eigenvalue weighted by atomic mass is 32.2. The Kier molecular flexibility index (Phi) is 4.94. The average Bonchev–Trinajstić information content (AvgIpc) is 2.81. The molecule has 1 heterocycles. The highest BCUT2D eigenvalue weighted by molar-refractivity contribution is 7.99. The van der Waals surface area contributed by atoms with Gasteiger partial charge in [-0.05, 0) is 19.1 Å². The van der Waals surface area contributed by atoms with Gasteiger partial charge in [-0.15, -0.1) is 11.8 Å². The van der Waals surface area contributed by atoms with Crippen LogP contribution < -0.4 is 0 Å². The van der Waals surface area contributed by atoms with Gasteiger partial charge in [0.15, 0.2) is 6.29 Å². The molecule has 1 aromatic carbocycles. The summed E-state index contributed by atoms with van der Waals surface area (Å²) in [6.07, 6.45) is -0.0472. The van der Waals surface area contributed by atoms with E-state index in [0.29, 0.717) is 22.0 Å². The molecule has 0 aliphatic rings. The second-order valence-corrected chi connectivity index (χ2v) is 5.33. The van der Waals surface area contributed by atoms with Crippen LogP contribution in [0, 0.1) is 6.92 Å². The lowest BCUT2D eigenvalue weighted by atomic mass is 10.3. The topological polar surface area (TPSA) is 75.3 Å². The molecule has 0 radical (unpaired) electrons. The van der Waals surface area contributed by atoms with Crippen LogP contribution in [0.2, 0.25) is 0 Å². The number of thioether (sulfide) groups is 1. The molecule has 0 aliphatic carbocycles. The van der Waals surface area contributed by atoms with E-state index in [4.69, 9.17) is 5.11 Å². The molecule has 0 aliphatic heterocycles. The molecule has 6 heteroatoms. The fraction of sp³-hybridized carbons (Fsp3) is 0.286. The largest absolute Gasteiger partial charge is 0.394 e. The van der Waals surface area contributed by atoms with Gasteiger partial charge in [0.2, 0.25) is 0 Å². The van der Waals surface area contributed by atoms with Crippen LogP contribution in [0.4, 0.5) is 0 Å². The zero-order valence-corrected chi connectivity index (χ0v) is 11.9. The van der Waals surface area contributed by atoms with Crippen molar-refractivity contribution in [1.82, 2.24) is 9.78 Å². The van der Waals surface area contributed by atoms with E-state index in [9.17, 15) is 9.90 Å². The zero-order valence-electron chi connectivity index (χ0n) is 11.1. The Morgan fingerprint density at radius 2 is 2.10 bits per heavy atom. The third-order valence-corrected chi connectivity index (χ3v) is 4.02. The summed E-state index contributed by atoms with van der Waals surface area (Å²) in [6.45, 7) is 1.47. The summed E-state index contributed by atoms with van der Waals surface area (Å²) >= 11 is 1.31. The first-order valence-electron chi connectivity index (χ1n) is 6.19. The van der Waals surface area contributed by atoms with Crippen LogP contribution in [0.1, 0.15) is 16.1 Å². The van der Waals surface area contributed by atoms with Crippen LogP contribution in [-0.2, 0) is 0 Å². The molecule has 5 nitrogen and oxygen atoms in total. The maximum absolute atomic E-state index is 11.2. The number of hydrogen-bond donors (Lipinski definition) is 2. The van der Waals surface area contributed by atoms with Crippen molar-refractivity contribution in [3.05, 3.63) is 41.6 Å². The molecule has 1 atom stereocenters. The average molecular weight is 292 g/mol. The summed E-state index contributed by atoms with van der Waals surface area (Å²) in [7, 11) is 0. The van der Waals surface area contributed by atoms with Crippen LogP contribution in [0.25, 0.3) is 5.69 Å². The van der Waals surface area contributed by atoms with Gasteiger partial charge in [-0.2, -0.15) is 5.10 Å². The van der Waals surface area contributed by atoms with E-state index in [1.54, 1.807) is 11.6 Å². The summed E-state index contributed by atoms with van der Waals surface area (Å²) in [5.74, 6) is 0.301. The molecule has 0 fully saturated rings. The van der Waals surface area contributed by atoms with Gasteiger partial charge in [-0.1, -0.05) is 18.2 Å². The Labute approximate surface area is 121 Å². The van der Waals surface area contributed by atoms with Crippen molar-refractivity contribution in [1.29, 1.82) is 0 Å². The van der Waals surface area contributed by atoms with Gasteiger partial charge >= 0.3 is 0 Å². The Morgan fingerprint density at radius 1 is 1.40 bits per heavy atom. The molecular formula is C14H16N2O3S. The van der Waals surface area contributed by atoms with Gasteiger partial charge < -0.3 is 10.2 Å². The monoisotopic (exact) mass is 292 g/mol. The number of para-hydroxylation sites is 1. The van der Waals surface area contributed by atoms with E-state index < -0.39 is 6.10 Å². The van der Waals surface area contributed by atoms with Gasteiger partial charge in [0, 0.05) is 5.75 Å². The van der Waals surface area contributed by atoms with Gasteiger partial charge in [0.05, 0.1) is 29.7 Å². The predicted molar refractivity (Wildman–Crippen MR) is 77.5 cm³/mol. The Balaban J connectivity index is 2.39. The number of carbonyl (C=O) groups is 1. The summed E-state index contributed by atoms with van der Waals surface area (Å²) in [5, 5.41) is 23.4. The van der Waals surface area contributed by atoms with E-state index in [1.807, 2.05) is 30.3 Å². The van der Waals surface area contributed by atoms with Crippen molar-refractivity contribution >= 4 is 18.0 Å². The standard InChI is InChI=1S/C14H16N2O3S/c1-10-13(8-18)14(20-9-12(19)7-17)16(15-10)11-5-3-2-4-6-11/h2-6,8,12,17,19H,7,9H2,1H3. The second-order valence-electron chi connectivity index (χ2n) is 4.32. The number of benzene rings is 1. The van der Waals surface area contributed by atoms with Crippen LogP contribution in [-0.4, -0.2) is 44.7 Å². The zero-order chi connectivity index (χ0) is 14.5. The number of carbonyl (C=O) groups excluding carboxylic acids is 1. The number of aliphatic hydroxyl groups is 2. The van der Waals surface area contributed by atoms with Gasteiger partial charge in [0.25, 0.3) is 0 Å². The molecule has 1 aromatic heterocycles. The molecule has 2 N–H and O–H groups in total. The molecule has 0 spiro atoms. The van der Waals surface area contributed by atoms with Crippen molar-refractivity contribution < 1.29 is 15.0 Å². The van der Waals surface area contributed by atoms with Crippen LogP contribution in [0.3, 0.4) is 0 Å². The summed E-state index contributed by atoms with van der Waals surface area (Å²) in [6, 6.07) is 9.48. The Morgan fingerprint density at radius 3 is 2.70 bits per heavy atom. The number of hydrogen-bond acceptors (Lipinski definition) is 5. The smallest absolute Gasteiger partial charge is 0.154 e. The quantitative estimate of drug-likeness (QED) is 0.622. The number of nitrogens with zero attached hydrogens (tertiary/aromatic N) is 2. The highest BCUT2D eigenvalue weighted by Gasteiger charge is 2.17. The Hall–Kier alpha value is -1.63. The molecule has 20 heavy (non-hydrogen) atoms. The normalized spacial score (nSPS) is 12.3. The van der Waals surface area contributed by atoms with Crippen molar-refractivity contribution in [3.8, 4) is 5.69 Å². The summed E-state index contributed by atoms with van der Waals surface area (Å²) in [5.41, 5.74) is 2.01. The van der Waals surface area contributed by atoms with Crippen LogP contribution in [0.15, 0.2) is 35.4 Å². The highest BCUT2D eigenvalue weighted by Crippen LogP contribution is 2.27. The molecule has 1 unspecified atom stereocenters. The minimum atomic E-state index is -0.820. The lowest BCUT2D eigenvalue weighted by Gasteiger charge is -2.10. The van der Waals surface area contributed by atoms with Gasteiger partial charge in [0.1, 0.15) is 5.03 Å². The number of rotatable bonds is 6. The van der Waals surface area contributed by atoms with E-state index in [2.05, 4.69) is 5.10 Å². The molecular weight excluding hydrogens is 276 g/mol. The summed E-state index contributed by atoms with van der Waals surface area (Å²) < 4.78 is 1.69. The predicted octanol–water partition coefficient (Wildman–Crippen LogP) is 1.44. The molecule has 0 saturated carbocycles. The number of aliphatic hydroxyl groups excluding tert-OH is 2. The molecule has 0 amide bonds. The van der Waals surface area contributed by atoms with Crippen molar-refractivity contribution in [2.24, 2.45) is 0 Å². The Bertz CT molecular complexity index is 584. The van der Waals surface area contributed by atoms with E-state index in [1.165, 1.54) is 11.8 Å². The van der Waals surface area contributed by atoms with E-state index in [-0.39, 0.29) is 6.61 Å². The second kappa shape index (κ2) is 6.69. The van der Waals surface area contributed by atoms with Crippen molar-refractivity contribution in [2.45, 2.75) is 18.1 Å². The first-order valence-corrected chi connectivity index (χ1v) is 7.18. The minimum Gasteiger partial charge on any atom is -0.394 e. The lowest BCUT2D eigenvalue weighted by Crippen LogP contribution is -2.15. The van der Waals surface area contributed by atoms with Crippen LogP contribution >= 0.6 is 11.8 Å². The SMILES string of the molecule is Cc1nn(-c2ccccc2)c(SCC(O)CO)c1C=O. The van der Waals surface area contributed by atoms with Gasteiger partial charge in [-0.25, -0.2) is 4.68 Å².